The van der Waals surface area contributed by atoms with Crippen LogP contribution in [0.3, 0.4) is 0 Å². The van der Waals surface area contributed by atoms with E-state index in [0.717, 1.165) is 58.9 Å². The van der Waals surface area contributed by atoms with Crippen molar-refractivity contribution in [2.24, 2.45) is 11.7 Å². The second-order valence-electron chi connectivity index (χ2n) is 8.26. The molecule has 0 saturated carbocycles. The minimum Gasteiger partial charge on any atom is -0.371 e. The second kappa shape index (κ2) is 9.20. The van der Waals surface area contributed by atoms with Crippen molar-refractivity contribution in [3.8, 4) is 5.69 Å². The number of nitrogens with one attached hydrogen (secondary N) is 1. The highest BCUT2D eigenvalue weighted by Gasteiger charge is 2.23. The third kappa shape index (κ3) is 4.58. The summed E-state index contributed by atoms with van der Waals surface area (Å²) >= 11 is 3.52. The van der Waals surface area contributed by atoms with Crippen molar-refractivity contribution in [1.29, 1.82) is 0 Å². The molecule has 166 valence electrons. The van der Waals surface area contributed by atoms with E-state index in [4.69, 9.17) is 5.73 Å². The minimum atomic E-state index is -0.207. The lowest BCUT2D eigenvalue weighted by atomic mass is 9.96. The first-order valence-corrected chi connectivity index (χ1v) is 11.5. The Hall–Kier alpha value is -3.06. The van der Waals surface area contributed by atoms with Crippen LogP contribution in [0.15, 0.2) is 59.1 Å². The molecule has 2 heterocycles. The fraction of sp³-hybridized carbons (Fsp3) is 0.280. The first-order valence-electron chi connectivity index (χ1n) is 10.7. The first-order chi connectivity index (χ1) is 15.3. The monoisotopic (exact) mass is 494 g/mol. The lowest BCUT2D eigenvalue weighted by Crippen LogP contribution is -2.38. The van der Waals surface area contributed by atoms with Gasteiger partial charge in [-0.05, 0) is 75.2 Å². The Morgan fingerprint density at radius 3 is 2.31 bits per heavy atom. The zero-order valence-corrected chi connectivity index (χ0v) is 19.9. The Morgan fingerprint density at radius 2 is 1.69 bits per heavy atom. The van der Waals surface area contributed by atoms with Gasteiger partial charge in [-0.25, -0.2) is 0 Å². The standard InChI is InChI=1S/C25H27BrN4O2/c1-16-14-23(17(2)30(16)22-5-3-4-19(26)15-22)25(32)28-20-6-8-21(9-7-20)29-12-10-18(11-13-29)24(27)31/h3-9,14-15,18H,10-13H2,1-2H3,(H2,27,31)(H,28,32). The van der Waals surface area contributed by atoms with E-state index in [0.29, 0.717) is 5.56 Å². The number of aryl methyl sites for hydroxylation is 1. The molecule has 0 unspecified atom stereocenters. The van der Waals surface area contributed by atoms with Crippen LogP contribution >= 0.6 is 15.9 Å². The van der Waals surface area contributed by atoms with Gasteiger partial charge in [0.1, 0.15) is 0 Å². The molecule has 0 atom stereocenters. The molecule has 6 nitrogen and oxygen atoms in total. The molecule has 1 fully saturated rings. The van der Waals surface area contributed by atoms with E-state index in [1.165, 1.54) is 0 Å². The van der Waals surface area contributed by atoms with Crippen molar-refractivity contribution in [3.05, 3.63) is 76.0 Å². The molecule has 7 heteroatoms. The van der Waals surface area contributed by atoms with Crippen LogP contribution in [-0.2, 0) is 4.79 Å². The molecule has 2 amide bonds. The van der Waals surface area contributed by atoms with Crippen molar-refractivity contribution in [3.63, 3.8) is 0 Å². The van der Waals surface area contributed by atoms with Gasteiger partial charge in [0.25, 0.3) is 5.91 Å². The van der Waals surface area contributed by atoms with E-state index in [1.54, 1.807) is 0 Å². The molecule has 1 aliphatic heterocycles. The van der Waals surface area contributed by atoms with E-state index in [9.17, 15) is 9.59 Å². The lowest BCUT2D eigenvalue weighted by molar-refractivity contribution is -0.122. The average Bonchev–Trinajstić information content (AvgIpc) is 3.08. The van der Waals surface area contributed by atoms with Crippen LogP contribution in [0, 0.1) is 19.8 Å². The third-order valence-electron chi connectivity index (χ3n) is 6.13. The van der Waals surface area contributed by atoms with E-state index in [1.807, 2.05) is 68.4 Å². The molecule has 0 aliphatic carbocycles. The average molecular weight is 495 g/mol. The Balaban J connectivity index is 1.46. The Bertz CT molecular complexity index is 1150. The molecule has 4 rings (SSSR count). The Labute approximate surface area is 196 Å². The number of primary amides is 1. The summed E-state index contributed by atoms with van der Waals surface area (Å²) in [7, 11) is 0. The van der Waals surface area contributed by atoms with Gasteiger partial charge in [0.05, 0.1) is 5.56 Å². The maximum atomic E-state index is 13.0. The van der Waals surface area contributed by atoms with Crippen LogP contribution in [-0.4, -0.2) is 29.5 Å². The van der Waals surface area contributed by atoms with Crippen molar-refractivity contribution in [2.75, 3.05) is 23.3 Å². The number of nitrogens with zero attached hydrogens (tertiary/aromatic N) is 2. The number of aromatic nitrogens is 1. The number of halogens is 1. The van der Waals surface area contributed by atoms with E-state index in [-0.39, 0.29) is 17.7 Å². The number of benzene rings is 2. The van der Waals surface area contributed by atoms with Gasteiger partial charge >= 0.3 is 0 Å². The zero-order chi connectivity index (χ0) is 22.8. The van der Waals surface area contributed by atoms with Crippen LogP contribution in [0.5, 0.6) is 0 Å². The molecular formula is C25H27BrN4O2. The highest BCUT2D eigenvalue weighted by Crippen LogP contribution is 2.26. The molecule has 32 heavy (non-hydrogen) atoms. The summed E-state index contributed by atoms with van der Waals surface area (Å²) < 4.78 is 3.07. The van der Waals surface area contributed by atoms with Gasteiger partial charge in [-0.15, -0.1) is 0 Å². The number of amides is 2. The largest absolute Gasteiger partial charge is 0.371 e. The fourth-order valence-corrected chi connectivity index (χ4v) is 4.77. The van der Waals surface area contributed by atoms with E-state index < -0.39 is 0 Å². The van der Waals surface area contributed by atoms with Crippen molar-refractivity contribution >= 4 is 39.1 Å². The number of carbonyl (C=O) groups is 2. The number of rotatable bonds is 5. The maximum Gasteiger partial charge on any atom is 0.257 e. The Morgan fingerprint density at radius 1 is 1.00 bits per heavy atom. The van der Waals surface area contributed by atoms with Crippen molar-refractivity contribution in [1.82, 2.24) is 4.57 Å². The number of anilines is 2. The summed E-state index contributed by atoms with van der Waals surface area (Å²) in [5.74, 6) is -0.364. The third-order valence-corrected chi connectivity index (χ3v) is 6.62. The van der Waals surface area contributed by atoms with Gasteiger partial charge in [0.15, 0.2) is 0 Å². The minimum absolute atomic E-state index is 0.0270. The topological polar surface area (TPSA) is 80.4 Å². The molecule has 1 aromatic heterocycles. The smallest absolute Gasteiger partial charge is 0.257 e. The highest BCUT2D eigenvalue weighted by molar-refractivity contribution is 9.10. The summed E-state index contributed by atoms with van der Waals surface area (Å²) in [5, 5.41) is 3.01. The van der Waals surface area contributed by atoms with Gasteiger partial charge in [0, 0.05) is 51.9 Å². The molecule has 3 N–H and O–H groups in total. The number of hydrogen-bond donors (Lipinski definition) is 2. The highest BCUT2D eigenvalue weighted by atomic mass is 79.9. The predicted octanol–water partition coefficient (Wildman–Crippen LogP) is 4.81. The van der Waals surface area contributed by atoms with Gasteiger partial charge in [-0.1, -0.05) is 22.0 Å². The van der Waals surface area contributed by atoms with Crippen LogP contribution < -0.4 is 16.0 Å². The number of nitrogens with two attached hydrogens (primary N) is 1. The lowest BCUT2D eigenvalue weighted by Gasteiger charge is -2.32. The molecule has 0 radical (unpaired) electrons. The first kappa shape index (κ1) is 22.1. The molecule has 0 spiro atoms. The fourth-order valence-electron chi connectivity index (χ4n) is 4.38. The van der Waals surface area contributed by atoms with Gasteiger partial charge in [-0.2, -0.15) is 0 Å². The molecule has 1 aliphatic rings. The Kier molecular flexibility index (Phi) is 6.37. The van der Waals surface area contributed by atoms with E-state index >= 15 is 0 Å². The maximum absolute atomic E-state index is 13.0. The molecule has 0 bridgehead atoms. The second-order valence-corrected chi connectivity index (χ2v) is 9.18. The van der Waals surface area contributed by atoms with Gasteiger partial charge in [0.2, 0.25) is 5.91 Å². The van der Waals surface area contributed by atoms with Crippen LogP contribution in [0.1, 0.15) is 34.6 Å². The summed E-state index contributed by atoms with van der Waals surface area (Å²) in [4.78, 5) is 26.6. The van der Waals surface area contributed by atoms with Crippen LogP contribution in [0.25, 0.3) is 5.69 Å². The number of carbonyl (C=O) groups excluding carboxylic acids is 2. The van der Waals surface area contributed by atoms with Crippen LogP contribution in [0.2, 0.25) is 0 Å². The normalized spacial score (nSPS) is 14.4. The summed E-state index contributed by atoms with van der Waals surface area (Å²) in [6, 6.07) is 17.8. The molecule has 2 aromatic carbocycles. The summed E-state index contributed by atoms with van der Waals surface area (Å²) in [5.41, 5.74) is 10.8. The van der Waals surface area contributed by atoms with Crippen molar-refractivity contribution < 1.29 is 9.59 Å². The van der Waals surface area contributed by atoms with Crippen molar-refractivity contribution in [2.45, 2.75) is 26.7 Å². The van der Waals surface area contributed by atoms with E-state index in [2.05, 4.69) is 30.7 Å². The molecule has 3 aromatic rings. The predicted molar refractivity (Wildman–Crippen MR) is 131 cm³/mol. The molecular weight excluding hydrogens is 468 g/mol. The molecule has 1 saturated heterocycles. The summed E-state index contributed by atoms with van der Waals surface area (Å²) in [6.45, 7) is 5.57. The number of piperidine rings is 1. The quantitative estimate of drug-likeness (QED) is 0.533. The van der Waals surface area contributed by atoms with Crippen LogP contribution in [0.4, 0.5) is 11.4 Å². The van der Waals surface area contributed by atoms with Gasteiger partial charge in [-0.3, -0.25) is 9.59 Å². The van der Waals surface area contributed by atoms with Gasteiger partial charge < -0.3 is 20.5 Å². The number of hydrogen-bond acceptors (Lipinski definition) is 3. The summed E-state index contributed by atoms with van der Waals surface area (Å²) in [6.07, 6.45) is 1.56. The zero-order valence-electron chi connectivity index (χ0n) is 18.3. The SMILES string of the molecule is Cc1cc(C(=O)Nc2ccc(N3CCC(C(N)=O)CC3)cc2)c(C)n1-c1cccc(Br)c1.